The summed E-state index contributed by atoms with van der Waals surface area (Å²) < 4.78 is 15.5. The van der Waals surface area contributed by atoms with Gasteiger partial charge in [0.1, 0.15) is 11.5 Å². The van der Waals surface area contributed by atoms with Gasteiger partial charge in [0.25, 0.3) is 0 Å². The van der Waals surface area contributed by atoms with Gasteiger partial charge in [-0.05, 0) is 31.4 Å². The number of hydrogen-bond donors (Lipinski definition) is 0. The van der Waals surface area contributed by atoms with E-state index >= 15 is 0 Å². The first kappa shape index (κ1) is 12.1. The molecule has 1 aromatic carbocycles. The number of aryl methyl sites for hydroxylation is 1. The molecule has 0 amide bonds. The molecule has 0 N–H and O–H groups in total. The molecule has 4 heteroatoms. The Hall–Kier alpha value is -1.97. The van der Waals surface area contributed by atoms with E-state index in [9.17, 15) is 9.18 Å². The lowest BCUT2D eigenvalue weighted by molar-refractivity contribution is 0.0952. The van der Waals surface area contributed by atoms with Crippen molar-refractivity contribution in [2.45, 2.75) is 26.7 Å². The van der Waals surface area contributed by atoms with Crippen molar-refractivity contribution in [3.8, 4) is 5.69 Å². The molecule has 1 aliphatic rings. The molecule has 0 spiro atoms. The predicted molar refractivity (Wildman–Crippen MR) is 70.1 cm³/mol. The SMILES string of the molecule is Cc1nn(-c2ccccc2F)c2c1C(=O)CC(C)C2. The molecule has 0 bridgehead atoms. The van der Waals surface area contributed by atoms with Crippen LogP contribution < -0.4 is 0 Å². The van der Waals surface area contributed by atoms with Gasteiger partial charge in [-0.15, -0.1) is 0 Å². The average molecular weight is 258 g/mol. The van der Waals surface area contributed by atoms with Gasteiger partial charge in [0.2, 0.25) is 0 Å². The lowest BCUT2D eigenvalue weighted by Gasteiger charge is -2.19. The molecule has 1 unspecified atom stereocenters. The third-order valence-corrected chi connectivity index (χ3v) is 3.59. The summed E-state index contributed by atoms with van der Waals surface area (Å²) in [5.74, 6) is 0.0777. The number of ketones is 1. The van der Waals surface area contributed by atoms with Crippen LogP contribution in [0.4, 0.5) is 4.39 Å². The van der Waals surface area contributed by atoms with E-state index in [0.29, 0.717) is 23.4 Å². The highest BCUT2D eigenvalue weighted by Crippen LogP contribution is 2.30. The molecule has 3 rings (SSSR count). The number of fused-ring (bicyclic) bond motifs is 1. The van der Waals surface area contributed by atoms with Crippen molar-refractivity contribution in [2.24, 2.45) is 5.92 Å². The number of benzene rings is 1. The normalized spacial score (nSPS) is 18.5. The van der Waals surface area contributed by atoms with Crippen LogP contribution in [0.25, 0.3) is 5.69 Å². The van der Waals surface area contributed by atoms with Crippen molar-refractivity contribution in [1.82, 2.24) is 9.78 Å². The summed E-state index contributed by atoms with van der Waals surface area (Å²) in [6, 6.07) is 6.52. The maximum absolute atomic E-state index is 13.9. The van der Waals surface area contributed by atoms with Crippen molar-refractivity contribution in [1.29, 1.82) is 0 Å². The minimum absolute atomic E-state index is 0.119. The Labute approximate surface area is 111 Å². The van der Waals surface area contributed by atoms with Gasteiger partial charge in [-0.3, -0.25) is 4.79 Å². The average Bonchev–Trinajstić information content (AvgIpc) is 2.67. The molecular weight excluding hydrogens is 243 g/mol. The van der Waals surface area contributed by atoms with Crippen LogP contribution in [0.1, 0.15) is 35.1 Å². The summed E-state index contributed by atoms with van der Waals surface area (Å²) in [7, 11) is 0. The highest BCUT2D eigenvalue weighted by atomic mass is 19.1. The fourth-order valence-electron chi connectivity index (χ4n) is 2.77. The molecule has 0 fully saturated rings. The Morgan fingerprint density at radius 3 is 2.79 bits per heavy atom. The summed E-state index contributed by atoms with van der Waals surface area (Å²) in [5, 5.41) is 4.36. The Kier molecular flexibility index (Phi) is 2.73. The van der Waals surface area contributed by atoms with E-state index in [1.54, 1.807) is 22.9 Å². The topological polar surface area (TPSA) is 34.9 Å². The van der Waals surface area contributed by atoms with Gasteiger partial charge in [-0.2, -0.15) is 5.10 Å². The lowest BCUT2D eigenvalue weighted by atomic mass is 9.87. The van der Waals surface area contributed by atoms with Gasteiger partial charge in [0.15, 0.2) is 5.78 Å². The van der Waals surface area contributed by atoms with Crippen molar-refractivity contribution >= 4 is 5.78 Å². The molecular formula is C15H15FN2O. The van der Waals surface area contributed by atoms with E-state index in [1.165, 1.54) is 6.07 Å². The van der Waals surface area contributed by atoms with Crippen LogP contribution in [0.2, 0.25) is 0 Å². The van der Waals surface area contributed by atoms with E-state index in [1.807, 2.05) is 13.8 Å². The number of hydrogen-bond acceptors (Lipinski definition) is 2. The molecule has 98 valence electrons. The lowest BCUT2D eigenvalue weighted by Crippen LogP contribution is -2.20. The second-order valence-corrected chi connectivity index (χ2v) is 5.21. The highest BCUT2D eigenvalue weighted by Gasteiger charge is 2.29. The zero-order chi connectivity index (χ0) is 13.6. The number of carbonyl (C=O) groups is 1. The van der Waals surface area contributed by atoms with Gasteiger partial charge < -0.3 is 0 Å². The summed E-state index contributed by atoms with van der Waals surface area (Å²) in [6.07, 6.45) is 1.31. The van der Waals surface area contributed by atoms with E-state index < -0.39 is 0 Å². The number of halogens is 1. The van der Waals surface area contributed by atoms with Crippen LogP contribution in [-0.4, -0.2) is 15.6 Å². The molecule has 3 nitrogen and oxygen atoms in total. The molecule has 1 aromatic heterocycles. The number of aromatic nitrogens is 2. The van der Waals surface area contributed by atoms with Gasteiger partial charge in [-0.25, -0.2) is 9.07 Å². The standard InChI is InChI=1S/C15H15FN2O/c1-9-7-13-15(14(19)8-9)10(2)17-18(13)12-6-4-3-5-11(12)16/h3-6,9H,7-8H2,1-2H3. The van der Waals surface area contributed by atoms with E-state index in [0.717, 1.165) is 12.1 Å². The Morgan fingerprint density at radius 1 is 1.32 bits per heavy atom. The van der Waals surface area contributed by atoms with Crippen molar-refractivity contribution in [3.05, 3.63) is 47.0 Å². The molecule has 1 aliphatic carbocycles. The van der Waals surface area contributed by atoms with Crippen LogP contribution in [0.15, 0.2) is 24.3 Å². The monoisotopic (exact) mass is 258 g/mol. The summed E-state index contributed by atoms with van der Waals surface area (Å²) >= 11 is 0. The van der Waals surface area contributed by atoms with Crippen molar-refractivity contribution < 1.29 is 9.18 Å². The predicted octanol–water partition coefficient (Wildman–Crippen LogP) is 3.08. The van der Waals surface area contributed by atoms with Gasteiger partial charge in [0, 0.05) is 6.42 Å². The summed E-state index contributed by atoms with van der Waals surface area (Å²) in [6.45, 7) is 3.85. The molecule has 0 saturated carbocycles. The van der Waals surface area contributed by atoms with Crippen LogP contribution in [-0.2, 0) is 6.42 Å². The van der Waals surface area contributed by atoms with Crippen LogP contribution in [0, 0.1) is 18.7 Å². The summed E-state index contributed by atoms with van der Waals surface area (Å²) in [4.78, 5) is 12.1. The minimum atomic E-state index is -0.321. The number of nitrogens with zero attached hydrogens (tertiary/aromatic N) is 2. The molecule has 1 heterocycles. The Balaban J connectivity index is 2.22. The first-order valence-electron chi connectivity index (χ1n) is 6.44. The van der Waals surface area contributed by atoms with Crippen molar-refractivity contribution in [3.63, 3.8) is 0 Å². The molecule has 2 aromatic rings. The van der Waals surface area contributed by atoms with Crippen LogP contribution in [0.5, 0.6) is 0 Å². The molecule has 0 radical (unpaired) electrons. The van der Waals surface area contributed by atoms with Crippen LogP contribution in [0.3, 0.4) is 0 Å². The summed E-state index contributed by atoms with van der Waals surface area (Å²) in [5.41, 5.74) is 2.62. The third kappa shape index (κ3) is 1.87. The van der Waals surface area contributed by atoms with Gasteiger partial charge in [-0.1, -0.05) is 19.1 Å². The Bertz CT molecular complexity index is 660. The van der Waals surface area contributed by atoms with Crippen molar-refractivity contribution in [2.75, 3.05) is 0 Å². The van der Waals surface area contributed by atoms with E-state index in [-0.39, 0.29) is 17.5 Å². The Morgan fingerprint density at radius 2 is 2.05 bits per heavy atom. The second-order valence-electron chi connectivity index (χ2n) is 5.21. The van der Waals surface area contributed by atoms with Gasteiger partial charge >= 0.3 is 0 Å². The first-order chi connectivity index (χ1) is 9.08. The van der Waals surface area contributed by atoms with E-state index in [2.05, 4.69) is 5.10 Å². The molecule has 19 heavy (non-hydrogen) atoms. The maximum atomic E-state index is 13.9. The first-order valence-corrected chi connectivity index (χ1v) is 6.44. The van der Waals surface area contributed by atoms with Crippen LogP contribution >= 0.6 is 0 Å². The fourth-order valence-corrected chi connectivity index (χ4v) is 2.77. The van der Waals surface area contributed by atoms with Gasteiger partial charge in [0.05, 0.1) is 17.0 Å². The molecule has 1 atom stereocenters. The third-order valence-electron chi connectivity index (χ3n) is 3.59. The smallest absolute Gasteiger partial charge is 0.166 e. The number of rotatable bonds is 1. The van der Waals surface area contributed by atoms with E-state index in [4.69, 9.17) is 0 Å². The number of carbonyl (C=O) groups excluding carboxylic acids is 1. The second kappa shape index (κ2) is 4.30. The fraction of sp³-hybridized carbons (Fsp3) is 0.333. The quantitative estimate of drug-likeness (QED) is 0.787. The number of para-hydroxylation sites is 1. The largest absolute Gasteiger partial charge is 0.294 e. The minimum Gasteiger partial charge on any atom is -0.294 e. The zero-order valence-electron chi connectivity index (χ0n) is 11.0. The molecule has 0 aliphatic heterocycles. The molecule has 0 saturated heterocycles. The zero-order valence-corrected chi connectivity index (χ0v) is 11.0. The highest BCUT2D eigenvalue weighted by molar-refractivity contribution is 5.99. The number of Topliss-reactive ketones (excluding diaryl/α,β-unsaturated/α-hetero) is 1. The maximum Gasteiger partial charge on any atom is 0.166 e.